The molecule has 0 spiro atoms. The Morgan fingerprint density at radius 3 is 1.30 bits per heavy atom. The van der Waals surface area contributed by atoms with Gasteiger partial charge in [-0.25, -0.2) is 0 Å². The molecule has 4 aromatic rings. The van der Waals surface area contributed by atoms with Crippen molar-refractivity contribution in [3.8, 4) is 22.3 Å². The van der Waals surface area contributed by atoms with Crippen LogP contribution in [-0.2, 0) is 17.0 Å². The second kappa shape index (κ2) is 8.49. The topological polar surface area (TPSA) is 0 Å². The van der Waals surface area contributed by atoms with Crippen LogP contribution in [0.1, 0.15) is 57.3 Å². The van der Waals surface area contributed by atoms with E-state index < -0.39 is 26.6 Å². The van der Waals surface area contributed by atoms with Gasteiger partial charge in [-0.05, 0) is 0 Å². The van der Waals surface area contributed by atoms with Crippen molar-refractivity contribution in [1.29, 1.82) is 0 Å². The third kappa shape index (κ3) is 3.05. The van der Waals surface area contributed by atoms with Gasteiger partial charge in [-0.2, -0.15) is 0 Å². The molecule has 40 heavy (non-hydrogen) atoms. The molecular weight excluding hydrogens is 663 g/mol. The molecule has 0 aromatic heterocycles. The second-order valence-corrected chi connectivity index (χ2v) is 56.8. The normalized spacial score (nSPS) is 25.0. The summed E-state index contributed by atoms with van der Waals surface area (Å²) in [6, 6.07) is 36.6. The first-order valence-corrected chi connectivity index (χ1v) is 32.2. The van der Waals surface area contributed by atoms with E-state index in [2.05, 4.69) is 146 Å². The zero-order valence-electron chi connectivity index (χ0n) is 24.9. The summed E-state index contributed by atoms with van der Waals surface area (Å²) >= 11 is -4.54. The molecule has 0 N–H and O–H groups in total. The van der Waals surface area contributed by atoms with Gasteiger partial charge in [-0.1, -0.05) is 0 Å². The minimum absolute atomic E-state index is 0.585. The monoisotopic (exact) mass is 706 g/mol. The molecule has 1 saturated heterocycles. The van der Waals surface area contributed by atoms with E-state index in [1.807, 2.05) is 10.4 Å². The fourth-order valence-corrected chi connectivity index (χ4v) is 62.8. The SMILES string of the molecule is C[CH](C)[Hf]1([CH3])([CH3])([CH](C)C)[CH]2C(=Cc3c(-c4ccccc4)cccc32)[SiH2]C2=Cc3c(-c4ccccc4)cccc3[CH]21. The quantitative estimate of drug-likeness (QED) is 0.186. The maximum atomic E-state index is 2.92. The Morgan fingerprint density at radius 2 is 0.925 bits per heavy atom. The molecule has 0 saturated carbocycles. The molecule has 2 atom stereocenters. The molecule has 0 nitrogen and oxygen atoms in total. The predicted octanol–water partition coefficient (Wildman–Crippen LogP) is 10.7. The molecule has 4 aromatic carbocycles. The molecule has 2 unspecified atom stereocenters. The number of hydrogen-bond donors (Lipinski definition) is 0. The summed E-state index contributed by atoms with van der Waals surface area (Å²) in [4.78, 5) is 0. The Kier molecular flexibility index (Phi) is 5.59. The number of hydrogen-bond acceptors (Lipinski definition) is 0. The van der Waals surface area contributed by atoms with Crippen molar-refractivity contribution >= 4 is 21.7 Å². The Balaban J connectivity index is 1.55. The Hall–Kier alpha value is -2.55. The number of benzene rings is 4. The molecule has 202 valence electrons. The van der Waals surface area contributed by atoms with Crippen LogP contribution in [0.15, 0.2) is 107 Å². The van der Waals surface area contributed by atoms with Crippen LogP contribution in [0.3, 0.4) is 0 Å². The summed E-state index contributed by atoms with van der Waals surface area (Å²) in [6.07, 6.45) is 5.39. The Labute approximate surface area is 241 Å². The third-order valence-electron chi connectivity index (χ3n) is 13.3. The summed E-state index contributed by atoms with van der Waals surface area (Å²) in [6.45, 7) is 10.4. The van der Waals surface area contributed by atoms with Crippen LogP contribution in [0, 0.1) is 0 Å². The fraction of sp³-hybridized carbons (Fsp3) is 0.263. The van der Waals surface area contributed by atoms with E-state index in [0.29, 0.717) is 14.7 Å². The fourth-order valence-electron chi connectivity index (χ4n) is 9.92. The predicted molar refractivity (Wildman–Crippen MR) is 176 cm³/mol. The molecule has 3 aliphatic rings. The number of rotatable bonds is 4. The Morgan fingerprint density at radius 1 is 0.525 bits per heavy atom. The summed E-state index contributed by atoms with van der Waals surface area (Å²) in [5.41, 5.74) is 11.8. The van der Waals surface area contributed by atoms with Crippen molar-refractivity contribution in [1.82, 2.24) is 0 Å². The van der Waals surface area contributed by atoms with Gasteiger partial charge in [0.05, 0.1) is 0 Å². The summed E-state index contributed by atoms with van der Waals surface area (Å²) in [5, 5.41) is 3.65. The average Bonchev–Trinajstić information content (AvgIpc) is 3.54. The van der Waals surface area contributed by atoms with Gasteiger partial charge in [0.1, 0.15) is 0 Å². The number of fused-ring (bicyclic) bond motifs is 6. The zero-order valence-corrected chi connectivity index (χ0v) is 29.9. The van der Waals surface area contributed by atoms with E-state index in [1.165, 1.54) is 33.4 Å². The third-order valence-corrected chi connectivity index (χ3v) is 69.7. The molecule has 2 aliphatic carbocycles. The van der Waals surface area contributed by atoms with Gasteiger partial charge >= 0.3 is 242 Å². The van der Waals surface area contributed by atoms with Crippen molar-refractivity contribution in [3.05, 3.63) is 130 Å². The molecule has 1 aliphatic heterocycles. The molecule has 1 fully saturated rings. The van der Waals surface area contributed by atoms with E-state index >= 15 is 0 Å². The molecule has 1 heterocycles. The molecule has 0 amide bonds. The van der Waals surface area contributed by atoms with Crippen LogP contribution in [0.4, 0.5) is 0 Å². The van der Waals surface area contributed by atoms with Gasteiger partial charge in [0.25, 0.3) is 0 Å². The van der Waals surface area contributed by atoms with Crippen molar-refractivity contribution in [2.75, 3.05) is 0 Å². The van der Waals surface area contributed by atoms with Gasteiger partial charge in [-0.15, -0.1) is 0 Å². The average molecular weight is 705 g/mol. The van der Waals surface area contributed by atoms with Crippen LogP contribution < -0.4 is 0 Å². The first-order chi connectivity index (χ1) is 19.1. The minimum atomic E-state index is -4.54. The van der Waals surface area contributed by atoms with E-state index in [1.54, 1.807) is 11.1 Å². The first kappa shape index (κ1) is 26.4. The van der Waals surface area contributed by atoms with E-state index in [9.17, 15) is 0 Å². The van der Waals surface area contributed by atoms with Crippen LogP contribution in [0.2, 0.25) is 16.7 Å². The van der Waals surface area contributed by atoms with Crippen LogP contribution in [0.25, 0.3) is 34.4 Å². The van der Waals surface area contributed by atoms with Crippen molar-refractivity contribution in [3.63, 3.8) is 0 Å². The van der Waals surface area contributed by atoms with Gasteiger partial charge < -0.3 is 0 Å². The summed E-state index contributed by atoms with van der Waals surface area (Å²) in [5.74, 6) is 0. The van der Waals surface area contributed by atoms with E-state index in [0.717, 1.165) is 0 Å². The number of allylic oxidation sites excluding steroid dienone is 2. The molecular formula is C38H42HfSi. The van der Waals surface area contributed by atoms with E-state index in [-0.39, 0.29) is 0 Å². The molecule has 0 bridgehead atoms. The standard InChI is InChI=1S/C30H22Si.2C3H7.2CH3.Hf/c1-3-9-21(10-4-1)27-15-7-13-23-17-25(19-29(23)27)31-26-18-24-14-8-16-28(30(24)20-26)22-11-5-2-6-12-22;2*1-3-2;;;/h1-20H,31H2;2*3H,1-2H3;2*1H3;. The molecule has 0 radical (unpaired) electrons. The van der Waals surface area contributed by atoms with Crippen LogP contribution >= 0.6 is 0 Å². The summed E-state index contributed by atoms with van der Waals surface area (Å²) in [7, 11) is -0.585. The van der Waals surface area contributed by atoms with Gasteiger partial charge in [0, 0.05) is 0 Å². The zero-order chi connectivity index (χ0) is 27.9. The molecule has 2 heteroatoms. The first-order valence-electron chi connectivity index (χ1n) is 15.3. The van der Waals surface area contributed by atoms with E-state index in [4.69, 9.17) is 0 Å². The van der Waals surface area contributed by atoms with Crippen molar-refractivity contribution in [2.24, 2.45) is 0 Å². The molecule has 7 rings (SSSR count). The van der Waals surface area contributed by atoms with Crippen molar-refractivity contribution in [2.45, 2.75) is 51.8 Å². The van der Waals surface area contributed by atoms with Gasteiger partial charge in [-0.3, -0.25) is 0 Å². The Bertz CT molecular complexity index is 1610. The van der Waals surface area contributed by atoms with Crippen LogP contribution in [-0.4, -0.2) is 9.52 Å². The van der Waals surface area contributed by atoms with Crippen LogP contribution in [0.5, 0.6) is 0 Å². The van der Waals surface area contributed by atoms with Gasteiger partial charge in [0.2, 0.25) is 0 Å². The maximum absolute atomic E-state index is 4.54. The second-order valence-electron chi connectivity index (χ2n) is 14.9. The summed E-state index contributed by atoms with van der Waals surface area (Å²) < 4.78 is 8.36. The van der Waals surface area contributed by atoms with Gasteiger partial charge in [0.15, 0.2) is 0 Å². The van der Waals surface area contributed by atoms with Crippen molar-refractivity contribution < 1.29 is 17.0 Å².